The van der Waals surface area contributed by atoms with E-state index in [9.17, 15) is 9.59 Å². The van der Waals surface area contributed by atoms with Crippen LogP contribution in [0.4, 0.5) is 0 Å². The Bertz CT molecular complexity index is 1830. The van der Waals surface area contributed by atoms with Crippen LogP contribution in [0.5, 0.6) is 0 Å². The topological polar surface area (TPSA) is 133 Å². The van der Waals surface area contributed by atoms with Crippen LogP contribution in [0, 0.1) is 12.8 Å². The monoisotopic (exact) mass is 594 g/mol. The summed E-state index contributed by atoms with van der Waals surface area (Å²) in [5, 5.41) is 8.09. The van der Waals surface area contributed by atoms with Crippen LogP contribution in [0.1, 0.15) is 86.2 Å². The van der Waals surface area contributed by atoms with Crippen LogP contribution in [-0.2, 0) is 25.8 Å². The Labute approximate surface area is 255 Å². The maximum atomic E-state index is 14.0. The lowest BCUT2D eigenvalue weighted by Crippen LogP contribution is -2.30. The summed E-state index contributed by atoms with van der Waals surface area (Å²) in [5.74, 6) is 2.36. The van der Waals surface area contributed by atoms with E-state index in [1.165, 1.54) is 32.1 Å². The Hall–Kier alpha value is -4.60. The molecule has 0 aliphatic heterocycles. The van der Waals surface area contributed by atoms with Crippen LogP contribution in [-0.4, -0.2) is 29.8 Å². The summed E-state index contributed by atoms with van der Waals surface area (Å²) >= 11 is 0. The van der Waals surface area contributed by atoms with Crippen molar-refractivity contribution in [3.05, 3.63) is 104 Å². The van der Waals surface area contributed by atoms with Gasteiger partial charge in [-0.3, -0.25) is 18.9 Å². The van der Waals surface area contributed by atoms with Gasteiger partial charge >= 0.3 is 5.76 Å². The molecule has 2 aromatic carbocycles. The average Bonchev–Trinajstić information content (AvgIpc) is 3.69. The van der Waals surface area contributed by atoms with Crippen LogP contribution in [0.25, 0.3) is 22.5 Å². The number of H-pyrrole nitrogens is 1. The quantitative estimate of drug-likeness (QED) is 0.195. The van der Waals surface area contributed by atoms with Crippen LogP contribution >= 0.6 is 0 Å². The van der Waals surface area contributed by atoms with E-state index in [2.05, 4.69) is 27.2 Å². The zero-order valence-corrected chi connectivity index (χ0v) is 25.3. The fourth-order valence-electron chi connectivity index (χ4n) is 6.15. The molecule has 1 fully saturated rings. The normalized spacial score (nSPS) is 13.9. The number of aromatic amines is 1. The molecule has 3 heterocycles. The van der Waals surface area contributed by atoms with E-state index in [0.29, 0.717) is 35.4 Å². The van der Waals surface area contributed by atoms with Crippen LogP contribution in [0.2, 0.25) is 0 Å². The first kappa shape index (κ1) is 29.5. The highest BCUT2D eigenvalue weighted by molar-refractivity contribution is 5.80. The summed E-state index contributed by atoms with van der Waals surface area (Å²) in [6.45, 7) is 4.42. The Morgan fingerprint density at radius 3 is 2.43 bits per heavy atom. The average molecular weight is 595 g/mol. The van der Waals surface area contributed by atoms with Gasteiger partial charge in [-0.1, -0.05) is 104 Å². The van der Waals surface area contributed by atoms with Crippen LogP contribution in [0.15, 0.2) is 67.2 Å². The van der Waals surface area contributed by atoms with E-state index in [0.717, 1.165) is 59.6 Å². The first-order chi connectivity index (χ1) is 21.5. The van der Waals surface area contributed by atoms with Gasteiger partial charge in [0.25, 0.3) is 5.56 Å². The number of benzene rings is 2. The van der Waals surface area contributed by atoms with Gasteiger partial charge in [0.1, 0.15) is 5.82 Å². The van der Waals surface area contributed by atoms with Crippen molar-refractivity contribution < 1.29 is 9.05 Å². The van der Waals surface area contributed by atoms with Crippen molar-refractivity contribution in [1.82, 2.24) is 29.8 Å². The summed E-state index contributed by atoms with van der Waals surface area (Å²) in [6, 6.07) is 15.7. The zero-order chi connectivity index (χ0) is 30.5. The molecular weight excluding hydrogens is 556 g/mol. The van der Waals surface area contributed by atoms with E-state index < -0.39 is 5.76 Å². The predicted molar refractivity (Wildman–Crippen MR) is 166 cm³/mol. The van der Waals surface area contributed by atoms with Crippen molar-refractivity contribution in [3.63, 3.8) is 0 Å². The lowest BCUT2D eigenvalue weighted by Gasteiger charge is -2.19. The van der Waals surface area contributed by atoms with Crippen molar-refractivity contribution in [3.8, 4) is 22.5 Å². The highest BCUT2D eigenvalue weighted by Crippen LogP contribution is 2.30. The molecule has 0 amide bonds. The lowest BCUT2D eigenvalue weighted by molar-refractivity contribution is 0.338. The summed E-state index contributed by atoms with van der Waals surface area (Å²) < 4.78 is 12.1. The van der Waals surface area contributed by atoms with Gasteiger partial charge in [0.2, 0.25) is 5.89 Å². The molecule has 0 spiro atoms. The Morgan fingerprint density at radius 2 is 1.70 bits per heavy atom. The second kappa shape index (κ2) is 13.4. The molecule has 10 nitrogen and oxygen atoms in total. The highest BCUT2D eigenvalue weighted by Gasteiger charge is 2.20. The Kier molecular flexibility index (Phi) is 8.95. The number of nitrogens with zero attached hydrogens (tertiary/aromatic N) is 5. The lowest BCUT2D eigenvalue weighted by atomic mass is 9.87. The smallest absolute Gasteiger partial charge is 0.339 e. The van der Waals surface area contributed by atoms with E-state index in [4.69, 9.17) is 14.0 Å². The maximum absolute atomic E-state index is 14.0. The highest BCUT2D eigenvalue weighted by atomic mass is 16.5. The Balaban J connectivity index is 1.25. The molecule has 0 radical (unpaired) electrons. The van der Waals surface area contributed by atoms with E-state index >= 15 is 0 Å². The molecule has 44 heavy (non-hydrogen) atoms. The number of aryl methyl sites for hydroxylation is 2. The largest absolute Gasteiger partial charge is 0.439 e. The molecule has 3 aromatic heterocycles. The minimum Gasteiger partial charge on any atom is -0.339 e. The van der Waals surface area contributed by atoms with Gasteiger partial charge in [-0.25, -0.2) is 9.78 Å². The number of unbranched alkanes of at least 4 members (excludes halogenated alkanes) is 1. The van der Waals surface area contributed by atoms with Crippen molar-refractivity contribution in [2.75, 3.05) is 0 Å². The summed E-state index contributed by atoms with van der Waals surface area (Å²) in [5.41, 5.74) is 4.83. The van der Waals surface area contributed by atoms with E-state index in [1.54, 1.807) is 4.57 Å². The molecule has 10 heteroatoms. The van der Waals surface area contributed by atoms with E-state index in [-0.39, 0.29) is 12.0 Å². The fraction of sp³-hybridized carbons (Fsp3) is 0.412. The second-order valence-corrected chi connectivity index (χ2v) is 11.8. The molecule has 1 saturated carbocycles. The minimum absolute atomic E-state index is 0.0694. The van der Waals surface area contributed by atoms with Crippen molar-refractivity contribution in [2.24, 2.45) is 5.92 Å². The molecule has 0 unspecified atom stereocenters. The summed E-state index contributed by atoms with van der Waals surface area (Å²) in [7, 11) is 0. The molecule has 228 valence electrons. The van der Waals surface area contributed by atoms with Gasteiger partial charge in [0, 0.05) is 29.7 Å². The molecule has 6 rings (SSSR count). The second-order valence-electron chi connectivity index (χ2n) is 11.8. The molecule has 0 bridgehead atoms. The third-order valence-electron chi connectivity index (χ3n) is 8.56. The fourth-order valence-corrected chi connectivity index (χ4v) is 6.15. The summed E-state index contributed by atoms with van der Waals surface area (Å²) in [4.78, 5) is 37.7. The summed E-state index contributed by atoms with van der Waals surface area (Å²) in [6.07, 6.45) is 10.1. The Morgan fingerprint density at radius 1 is 0.932 bits per heavy atom. The number of nitrogens with one attached hydrogen (secondary N) is 1. The first-order valence-corrected chi connectivity index (χ1v) is 15.6. The molecular formula is C34H38N6O4. The SMILES string of the molecule is CCCCc1nc(C)c(Cc2nc(CC3CCCCC3)no2)c(=O)n1Cc1ccc(-c2ccccc2-c2noc(=O)[nH]2)cc1. The van der Waals surface area contributed by atoms with Crippen LogP contribution in [0.3, 0.4) is 0 Å². The maximum Gasteiger partial charge on any atom is 0.439 e. The first-order valence-electron chi connectivity index (χ1n) is 15.6. The van der Waals surface area contributed by atoms with Gasteiger partial charge in [-0.15, -0.1) is 0 Å². The minimum atomic E-state index is -0.598. The standard InChI is InChI=1S/C34H38N6O4/c1-3-4-14-30-35-22(2)28(20-31-36-29(38-43-31)19-23-10-6-5-7-11-23)33(41)40(30)21-24-15-17-25(18-16-24)26-12-8-9-13-27(26)32-37-34(42)44-39-32/h8-9,12-13,15-18,23H,3-7,10-11,14,19-21H2,1-2H3,(H,37,39,42). The number of aromatic nitrogens is 6. The van der Waals surface area contributed by atoms with Gasteiger partial charge in [0.15, 0.2) is 11.6 Å². The van der Waals surface area contributed by atoms with E-state index in [1.807, 2.05) is 55.5 Å². The molecule has 1 N–H and O–H groups in total. The number of rotatable bonds is 11. The third kappa shape index (κ3) is 6.64. The van der Waals surface area contributed by atoms with Gasteiger partial charge < -0.3 is 4.52 Å². The van der Waals surface area contributed by atoms with Gasteiger partial charge in [-0.05, 0) is 36.0 Å². The third-order valence-corrected chi connectivity index (χ3v) is 8.56. The molecule has 0 atom stereocenters. The van der Waals surface area contributed by atoms with Crippen molar-refractivity contribution in [1.29, 1.82) is 0 Å². The molecule has 1 aliphatic carbocycles. The predicted octanol–water partition coefficient (Wildman–Crippen LogP) is 6.05. The molecule has 0 saturated heterocycles. The van der Waals surface area contributed by atoms with Gasteiger partial charge in [0.05, 0.1) is 13.0 Å². The zero-order valence-electron chi connectivity index (χ0n) is 25.3. The van der Waals surface area contributed by atoms with Crippen LogP contribution < -0.4 is 11.3 Å². The molecule has 5 aromatic rings. The number of hydrogen-bond acceptors (Lipinski definition) is 8. The number of hydrogen-bond donors (Lipinski definition) is 1. The van der Waals surface area contributed by atoms with Crippen molar-refractivity contribution in [2.45, 2.75) is 84.6 Å². The van der Waals surface area contributed by atoms with Gasteiger partial charge in [-0.2, -0.15) is 4.98 Å². The van der Waals surface area contributed by atoms with Crippen molar-refractivity contribution >= 4 is 0 Å². The molecule has 1 aliphatic rings.